The molecule has 1 aliphatic rings. The number of hydrogen-bond donors (Lipinski definition) is 2. The third-order valence-corrected chi connectivity index (χ3v) is 1.40. The molecule has 10 heavy (non-hydrogen) atoms. The largest absolute Gasteiger partial charge is 0.380 e. The fourth-order valence-corrected chi connectivity index (χ4v) is 0.872. The van der Waals surface area contributed by atoms with E-state index in [1.807, 2.05) is 0 Å². The van der Waals surface area contributed by atoms with Crippen molar-refractivity contribution < 1.29 is 4.74 Å². The molecule has 0 unspecified atom stereocenters. The van der Waals surface area contributed by atoms with Gasteiger partial charge in [0.2, 0.25) is 0 Å². The summed E-state index contributed by atoms with van der Waals surface area (Å²) in [6, 6.07) is 0.392. The van der Waals surface area contributed by atoms with Gasteiger partial charge < -0.3 is 4.74 Å². The van der Waals surface area contributed by atoms with Crippen molar-refractivity contribution in [2.24, 2.45) is 5.84 Å². The molecule has 0 spiro atoms. The molecule has 0 aromatic heterocycles. The Kier molecular flexibility index (Phi) is 9.90. The lowest BCUT2D eigenvalue weighted by Gasteiger charge is -2.20. The highest BCUT2D eigenvalue weighted by molar-refractivity contribution is 5.85. The highest BCUT2D eigenvalue weighted by Gasteiger charge is 2.10. The van der Waals surface area contributed by atoms with Crippen molar-refractivity contribution in [3.8, 4) is 0 Å². The highest BCUT2D eigenvalue weighted by atomic mass is 35.5. The third kappa shape index (κ3) is 4.30. The lowest BCUT2D eigenvalue weighted by Crippen LogP contribution is -2.40. The maximum atomic E-state index is 5.17. The van der Waals surface area contributed by atoms with Crippen LogP contribution in [-0.2, 0) is 4.74 Å². The molecule has 0 aromatic rings. The first kappa shape index (κ1) is 13.1. The van der Waals surface area contributed by atoms with Crippen molar-refractivity contribution in [1.82, 2.24) is 5.43 Å². The molecule has 0 aliphatic carbocycles. The van der Waals surface area contributed by atoms with Gasteiger partial charge in [0.25, 0.3) is 0 Å². The van der Waals surface area contributed by atoms with E-state index < -0.39 is 0 Å². The van der Waals surface area contributed by atoms with Gasteiger partial charge in [-0.3, -0.25) is 11.3 Å². The van der Waals surface area contributed by atoms with Gasteiger partial charge in [-0.15, -0.1) is 24.8 Å². The van der Waals surface area contributed by atoms with Gasteiger partial charge in [-0.2, -0.15) is 0 Å². The average Bonchev–Trinajstić information content (AvgIpc) is 1.90. The smallest absolute Gasteiger partial charge is 0.0633 e. The summed E-state index contributed by atoms with van der Waals surface area (Å²) in [4.78, 5) is 0. The molecule has 3 nitrogen and oxygen atoms in total. The molecule has 5 heteroatoms. The SMILES string of the molecule is Cl.Cl.NN[C@H]1CCCOC1. The third-order valence-electron chi connectivity index (χ3n) is 1.40. The zero-order valence-corrected chi connectivity index (χ0v) is 7.34. The summed E-state index contributed by atoms with van der Waals surface area (Å²) in [5, 5.41) is 0. The summed E-state index contributed by atoms with van der Waals surface area (Å²) >= 11 is 0. The van der Waals surface area contributed by atoms with Gasteiger partial charge in [-0.25, -0.2) is 0 Å². The summed E-state index contributed by atoms with van der Waals surface area (Å²) < 4.78 is 5.13. The van der Waals surface area contributed by atoms with E-state index >= 15 is 0 Å². The first-order chi connectivity index (χ1) is 3.93. The van der Waals surface area contributed by atoms with E-state index in [9.17, 15) is 0 Å². The predicted octanol–water partition coefficient (Wildman–Crippen LogP) is 0.472. The fourth-order valence-electron chi connectivity index (χ4n) is 0.872. The van der Waals surface area contributed by atoms with Crippen LogP contribution < -0.4 is 11.3 Å². The van der Waals surface area contributed by atoms with Gasteiger partial charge in [-0.05, 0) is 12.8 Å². The summed E-state index contributed by atoms with van der Waals surface area (Å²) in [6.45, 7) is 1.68. The molecule has 0 amide bonds. The second kappa shape index (κ2) is 7.57. The maximum Gasteiger partial charge on any atom is 0.0633 e. The zero-order valence-electron chi connectivity index (χ0n) is 5.71. The van der Waals surface area contributed by atoms with Crippen molar-refractivity contribution >= 4 is 24.8 Å². The van der Waals surface area contributed by atoms with E-state index in [0.717, 1.165) is 26.1 Å². The summed E-state index contributed by atoms with van der Waals surface area (Å²) in [6.07, 6.45) is 2.28. The minimum atomic E-state index is 0. The molecule has 1 aliphatic heterocycles. The predicted molar refractivity (Wildman–Crippen MR) is 45.7 cm³/mol. The zero-order chi connectivity index (χ0) is 5.82. The Morgan fingerprint density at radius 2 is 2.10 bits per heavy atom. The maximum absolute atomic E-state index is 5.17. The van der Waals surface area contributed by atoms with E-state index in [1.54, 1.807) is 0 Å². The van der Waals surface area contributed by atoms with Gasteiger partial charge in [0.15, 0.2) is 0 Å². The molecule has 1 atom stereocenters. The lowest BCUT2D eigenvalue weighted by molar-refractivity contribution is 0.0706. The second-order valence-electron chi connectivity index (χ2n) is 2.08. The van der Waals surface area contributed by atoms with E-state index in [4.69, 9.17) is 10.6 Å². The lowest BCUT2D eigenvalue weighted by atomic mass is 10.1. The van der Waals surface area contributed by atoms with Crippen LogP contribution in [0.2, 0.25) is 0 Å². The number of halogens is 2. The van der Waals surface area contributed by atoms with E-state index in [0.29, 0.717) is 6.04 Å². The Morgan fingerprint density at radius 3 is 2.40 bits per heavy atom. The van der Waals surface area contributed by atoms with Crippen LogP contribution in [0.5, 0.6) is 0 Å². The Morgan fingerprint density at radius 1 is 1.40 bits per heavy atom. The molecular formula is C5H14Cl2N2O. The van der Waals surface area contributed by atoms with Crippen LogP contribution in [0.3, 0.4) is 0 Å². The number of ether oxygens (including phenoxy) is 1. The summed E-state index contributed by atoms with van der Waals surface area (Å²) in [7, 11) is 0. The number of hydrazine groups is 1. The average molecular weight is 189 g/mol. The van der Waals surface area contributed by atoms with E-state index in [2.05, 4.69) is 5.43 Å². The van der Waals surface area contributed by atoms with Crippen molar-refractivity contribution in [1.29, 1.82) is 0 Å². The first-order valence-corrected chi connectivity index (χ1v) is 2.97. The number of nitrogens with one attached hydrogen (secondary N) is 1. The quantitative estimate of drug-likeness (QED) is 0.465. The molecule has 3 N–H and O–H groups in total. The topological polar surface area (TPSA) is 47.3 Å². The number of rotatable bonds is 1. The van der Waals surface area contributed by atoms with Crippen molar-refractivity contribution in [2.45, 2.75) is 18.9 Å². The summed E-state index contributed by atoms with van der Waals surface area (Å²) in [5.74, 6) is 5.17. The van der Waals surface area contributed by atoms with Crippen LogP contribution in [0.1, 0.15) is 12.8 Å². The molecule has 0 saturated carbocycles. The highest BCUT2D eigenvalue weighted by Crippen LogP contribution is 2.03. The Balaban J connectivity index is 0. The van der Waals surface area contributed by atoms with Gasteiger partial charge in [-0.1, -0.05) is 0 Å². The molecular weight excluding hydrogens is 175 g/mol. The fraction of sp³-hybridized carbons (Fsp3) is 1.00. The van der Waals surface area contributed by atoms with E-state index in [1.165, 1.54) is 0 Å². The van der Waals surface area contributed by atoms with Crippen molar-refractivity contribution in [2.75, 3.05) is 13.2 Å². The normalized spacial score (nSPS) is 24.3. The second-order valence-corrected chi connectivity index (χ2v) is 2.08. The monoisotopic (exact) mass is 188 g/mol. The first-order valence-electron chi connectivity index (χ1n) is 2.97. The minimum Gasteiger partial charge on any atom is -0.380 e. The van der Waals surface area contributed by atoms with Crippen LogP contribution in [0.15, 0.2) is 0 Å². The molecule has 64 valence electrons. The van der Waals surface area contributed by atoms with Crippen molar-refractivity contribution in [3.63, 3.8) is 0 Å². The van der Waals surface area contributed by atoms with E-state index in [-0.39, 0.29) is 24.8 Å². The van der Waals surface area contributed by atoms with Gasteiger partial charge in [0.1, 0.15) is 0 Å². The van der Waals surface area contributed by atoms with Gasteiger partial charge >= 0.3 is 0 Å². The molecule has 0 radical (unpaired) electrons. The van der Waals surface area contributed by atoms with Gasteiger partial charge in [0, 0.05) is 12.6 Å². The summed E-state index contributed by atoms with van der Waals surface area (Å²) in [5.41, 5.74) is 2.68. The van der Waals surface area contributed by atoms with Crippen LogP contribution in [0, 0.1) is 0 Å². The number of hydrogen-bond acceptors (Lipinski definition) is 3. The Labute approximate surface area is 73.5 Å². The Hall–Kier alpha value is 0.460. The standard InChI is InChI=1S/C5H12N2O.2ClH/c6-7-5-2-1-3-8-4-5;;/h5,7H,1-4,6H2;2*1H/t5-;;/m0../s1. The molecule has 1 fully saturated rings. The van der Waals surface area contributed by atoms with Crippen LogP contribution in [-0.4, -0.2) is 19.3 Å². The van der Waals surface area contributed by atoms with Crippen molar-refractivity contribution in [3.05, 3.63) is 0 Å². The molecule has 1 saturated heterocycles. The Bertz CT molecular complexity index is 68.7. The number of nitrogens with two attached hydrogens (primary N) is 1. The molecule has 1 heterocycles. The van der Waals surface area contributed by atoms with Crippen LogP contribution in [0.4, 0.5) is 0 Å². The molecule has 0 bridgehead atoms. The molecule has 0 aromatic carbocycles. The minimum absolute atomic E-state index is 0. The van der Waals surface area contributed by atoms with Crippen LogP contribution >= 0.6 is 24.8 Å². The van der Waals surface area contributed by atoms with Gasteiger partial charge in [0.05, 0.1) is 6.61 Å². The van der Waals surface area contributed by atoms with Crippen LogP contribution in [0.25, 0.3) is 0 Å². The molecule has 1 rings (SSSR count).